The molecule has 2 aliphatic heterocycles. The van der Waals surface area contributed by atoms with Gasteiger partial charge in [-0.25, -0.2) is 4.31 Å². The summed E-state index contributed by atoms with van der Waals surface area (Å²) in [5.41, 5.74) is 0. The van der Waals surface area contributed by atoms with Gasteiger partial charge in [0.05, 0.1) is 12.5 Å². The summed E-state index contributed by atoms with van der Waals surface area (Å²) in [4.78, 5) is 12.9. The Bertz CT molecular complexity index is 601. The van der Waals surface area contributed by atoms with E-state index in [9.17, 15) is 18.7 Å². The van der Waals surface area contributed by atoms with Gasteiger partial charge < -0.3 is 15.2 Å². The number of halogens is 2. The summed E-state index contributed by atoms with van der Waals surface area (Å²) >= 11 is 1.64. The van der Waals surface area contributed by atoms with Crippen LogP contribution in [0.3, 0.4) is 0 Å². The van der Waals surface area contributed by atoms with E-state index in [0.29, 0.717) is 12.1 Å². The fraction of sp³-hybridized carbons (Fsp3) is 0.611. The number of carbonyl (C=O) groups is 1. The molecule has 2 fully saturated rings. The second kappa shape index (κ2) is 8.54. The lowest BCUT2D eigenvalue weighted by Gasteiger charge is -2.38. The first-order chi connectivity index (χ1) is 12.4. The summed E-state index contributed by atoms with van der Waals surface area (Å²) in [5, 5.41) is 12.4. The van der Waals surface area contributed by atoms with Gasteiger partial charge in [-0.1, -0.05) is 0 Å². The fourth-order valence-electron chi connectivity index (χ4n) is 3.76. The Hall–Kier alpha value is -1.38. The zero-order chi connectivity index (χ0) is 18.7. The molecule has 1 aromatic rings. The molecular weight excluding hydrogens is 362 g/mol. The molecule has 3 unspecified atom stereocenters. The van der Waals surface area contributed by atoms with Crippen LogP contribution in [-0.4, -0.2) is 46.2 Å². The number of aliphatic hydroxyl groups is 1. The van der Waals surface area contributed by atoms with Crippen molar-refractivity contribution in [1.82, 2.24) is 9.62 Å². The third kappa shape index (κ3) is 5.08. The average Bonchev–Trinajstić information content (AvgIpc) is 2.77. The lowest BCUT2D eigenvalue weighted by atomic mass is 9.99. The molecule has 0 radical (unpaired) electrons. The summed E-state index contributed by atoms with van der Waals surface area (Å²) in [6, 6.07) is 7.60. The molecule has 3 rings (SSSR count). The number of piperidine rings is 1. The van der Waals surface area contributed by atoms with E-state index in [-0.39, 0.29) is 24.1 Å². The number of aliphatic hydroxyl groups excluding tert-OH is 1. The Labute approximate surface area is 156 Å². The largest absolute Gasteiger partial charge is 0.435 e. The van der Waals surface area contributed by atoms with Crippen LogP contribution in [0, 0.1) is 0 Å². The van der Waals surface area contributed by atoms with Crippen molar-refractivity contribution in [1.29, 1.82) is 0 Å². The molecule has 2 saturated heterocycles. The van der Waals surface area contributed by atoms with Crippen molar-refractivity contribution in [3.8, 4) is 5.75 Å². The normalized spacial score (nSPS) is 26.7. The minimum absolute atomic E-state index is 0.0971. The number of hydrogen-bond acceptors (Lipinski definition) is 5. The van der Waals surface area contributed by atoms with Gasteiger partial charge in [-0.15, -0.1) is 0 Å². The molecule has 26 heavy (non-hydrogen) atoms. The highest BCUT2D eigenvalue weighted by molar-refractivity contribution is 7.97. The monoisotopic (exact) mass is 386 g/mol. The van der Waals surface area contributed by atoms with Gasteiger partial charge in [0.15, 0.2) is 0 Å². The Morgan fingerprint density at radius 1 is 1.31 bits per heavy atom. The Morgan fingerprint density at radius 3 is 2.46 bits per heavy atom. The second-order valence-corrected chi connectivity index (χ2v) is 8.05. The van der Waals surface area contributed by atoms with Crippen molar-refractivity contribution in [2.45, 2.75) is 74.8 Å². The van der Waals surface area contributed by atoms with Crippen molar-refractivity contribution < 1.29 is 23.4 Å². The molecule has 8 heteroatoms. The number of amides is 1. The lowest BCUT2D eigenvalue weighted by molar-refractivity contribution is -0.123. The number of alkyl halides is 2. The number of ether oxygens (including phenoxy) is 1. The molecule has 0 aromatic heterocycles. The number of nitrogens with zero attached hydrogens (tertiary/aromatic N) is 1. The predicted octanol–water partition coefficient (Wildman–Crippen LogP) is 3.18. The highest BCUT2D eigenvalue weighted by Gasteiger charge is 2.41. The van der Waals surface area contributed by atoms with E-state index in [1.165, 1.54) is 0 Å². The maximum Gasteiger partial charge on any atom is 0.387 e. The van der Waals surface area contributed by atoms with Gasteiger partial charge in [-0.3, -0.25) is 4.79 Å². The van der Waals surface area contributed by atoms with Crippen LogP contribution >= 0.6 is 11.9 Å². The van der Waals surface area contributed by atoms with Gasteiger partial charge >= 0.3 is 6.61 Å². The van der Waals surface area contributed by atoms with E-state index >= 15 is 0 Å². The minimum atomic E-state index is -2.81. The van der Waals surface area contributed by atoms with E-state index in [1.54, 1.807) is 43.1 Å². The molecule has 2 N–H and O–H groups in total. The maximum atomic E-state index is 12.2. The van der Waals surface area contributed by atoms with Gasteiger partial charge in [-0.05, 0) is 68.8 Å². The van der Waals surface area contributed by atoms with Crippen LogP contribution in [0.5, 0.6) is 5.75 Å². The fourth-order valence-corrected chi connectivity index (χ4v) is 4.94. The minimum Gasteiger partial charge on any atom is -0.435 e. The molecule has 0 spiro atoms. The Morgan fingerprint density at radius 2 is 1.92 bits per heavy atom. The zero-order valence-corrected chi connectivity index (χ0v) is 15.4. The molecule has 1 amide bonds. The van der Waals surface area contributed by atoms with Gasteiger partial charge in [-0.2, -0.15) is 8.78 Å². The van der Waals surface area contributed by atoms with Crippen LogP contribution in [-0.2, 0) is 4.79 Å². The molecule has 4 atom stereocenters. The van der Waals surface area contributed by atoms with Crippen molar-refractivity contribution in [2.75, 3.05) is 0 Å². The highest BCUT2D eigenvalue weighted by Crippen LogP contribution is 2.43. The smallest absolute Gasteiger partial charge is 0.387 e. The molecule has 5 nitrogen and oxygen atoms in total. The quantitative estimate of drug-likeness (QED) is 0.705. The number of nitrogens with one attached hydrogen (secondary N) is 1. The summed E-state index contributed by atoms with van der Waals surface area (Å²) in [6.45, 7) is -1.20. The van der Waals surface area contributed by atoms with Crippen LogP contribution in [0.15, 0.2) is 29.2 Å². The average molecular weight is 386 g/mol. The highest BCUT2D eigenvalue weighted by atomic mass is 32.2. The summed E-state index contributed by atoms with van der Waals surface area (Å²) in [5.74, 6) is 0.0620. The van der Waals surface area contributed by atoms with Crippen LogP contribution in [0.4, 0.5) is 8.78 Å². The first-order valence-electron chi connectivity index (χ1n) is 8.89. The van der Waals surface area contributed by atoms with E-state index < -0.39 is 12.7 Å². The number of carbonyl (C=O) groups excluding carboxylic acids is 1. The first kappa shape index (κ1) is 19.4. The number of fused-ring (bicyclic) bond motifs is 2. The first-order valence-corrected chi connectivity index (χ1v) is 9.66. The van der Waals surface area contributed by atoms with Gasteiger partial charge in [0.1, 0.15) is 5.75 Å². The van der Waals surface area contributed by atoms with E-state index in [1.807, 2.05) is 0 Å². The van der Waals surface area contributed by atoms with E-state index in [2.05, 4.69) is 14.4 Å². The molecule has 2 bridgehead atoms. The second-order valence-electron chi connectivity index (χ2n) is 6.98. The van der Waals surface area contributed by atoms with Crippen LogP contribution in [0.25, 0.3) is 0 Å². The van der Waals surface area contributed by atoms with Crippen LogP contribution in [0.1, 0.15) is 39.0 Å². The Kier molecular flexibility index (Phi) is 6.37. The van der Waals surface area contributed by atoms with E-state index in [0.717, 1.165) is 30.6 Å². The number of rotatable bonds is 7. The molecule has 0 aliphatic carbocycles. The van der Waals surface area contributed by atoms with Crippen molar-refractivity contribution >= 4 is 17.9 Å². The third-order valence-electron chi connectivity index (χ3n) is 4.77. The molecular formula is C18H24F2N2O3S. The summed E-state index contributed by atoms with van der Waals surface area (Å²) in [7, 11) is 0. The van der Waals surface area contributed by atoms with Crippen LogP contribution < -0.4 is 10.1 Å². The topological polar surface area (TPSA) is 61.8 Å². The summed E-state index contributed by atoms with van der Waals surface area (Å²) in [6.07, 6.45) is 3.47. The molecule has 144 valence electrons. The molecule has 0 saturated carbocycles. The van der Waals surface area contributed by atoms with Crippen molar-refractivity contribution in [3.63, 3.8) is 0 Å². The molecule has 1 aromatic carbocycles. The standard InChI is InChI=1S/C18H24F2N2O3S/c1-11(23)8-17(24)21-12-9-13-2-3-14(10-12)22(13)26-16-6-4-15(5-7-16)25-18(19)20/h4-7,11-14,18,23H,2-3,8-10H2,1H3,(H,21,24)/t11?,12?,13-,14?/m1/s1. The van der Waals surface area contributed by atoms with Crippen molar-refractivity contribution in [2.24, 2.45) is 0 Å². The molecule has 2 heterocycles. The number of hydrogen-bond donors (Lipinski definition) is 2. The predicted molar refractivity (Wildman–Crippen MR) is 95.0 cm³/mol. The summed E-state index contributed by atoms with van der Waals surface area (Å²) < 4.78 is 31.2. The number of benzene rings is 1. The van der Waals surface area contributed by atoms with E-state index in [4.69, 9.17) is 0 Å². The van der Waals surface area contributed by atoms with Crippen molar-refractivity contribution in [3.05, 3.63) is 24.3 Å². The van der Waals surface area contributed by atoms with Crippen LogP contribution in [0.2, 0.25) is 0 Å². The van der Waals surface area contributed by atoms with Gasteiger partial charge in [0.25, 0.3) is 0 Å². The van der Waals surface area contributed by atoms with Gasteiger partial charge in [0.2, 0.25) is 5.91 Å². The molecule has 2 aliphatic rings. The lowest BCUT2D eigenvalue weighted by Crippen LogP contribution is -2.48. The zero-order valence-electron chi connectivity index (χ0n) is 14.6. The third-order valence-corrected chi connectivity index (χ3v) is 6.06. The maximum absolute atomic E-state index is 12.2. The Balaban J connectivity index is 1.54. The van der Waals surface area contributed by atoms with Gasteiger partial charge in [0, 0.05) is 23.0 Å². The SMILES string of the molecule is CC(O)CC(=O)NC1CC2CC[C@H](C1)N2Sc1ccc(OC(F)F)cc1.